The molecule has 1 atom stereocenters. The number of fused-ring (bicyclic) bond motifs is 1. The van der Waals surface area contributed by atoms with E-state index in [0.717, 1.165) is 17.5 Å². The topological polar surface area (TPSA) is 105 Å². The van der Waals surface area contributed by atoms with Crippen molar-refractivity contribution in [2.75, 3.05) is 39.8 Å². The van der Waals surface area contributed by atoms with Crippen LogP contribution in [0.5, 0.6) is 0 Å². The van der Waals surface area contributed by atoms with Gasteiger partial charge in [0.05, 0.1) is 19.1 Å². The van der Waals surface area contributed by atoms with Crippen molar-refractivity contribution in [1.29, 1.82) is 0 Å². The first-order chi connectivity index (χ1) is 17.8. The fraction of sp³-hybridized carbons (Fsp3) is 0.519. The molecule has 1 saturated heterocycles. The molecule has 1 fully saturated rings. The summed E-state index contributed by atoms with van der Waals surface area (Å²) in [7, 11) is 1.55. The van der Waals surface area contributed by atoms with Gasteiger partial charge in [-0.3, -0.25) is 23.9 Å². The molecule has 10 heteroatoms. The van der Waals surface area contributed by atoms with Crippen molar-refractivity contribution in [3.8, 4) is 0 Å². The van der Waals surface area contributed by atoms with Gasteiger partial charge in [-0.2, -0.15) is 5.10 Å². The molecule has 2 aliphatic heterocycles. The third kappa shape index (κ3) is 6.18. The van der Waals surface area contributed by atoms with Crippen LogP contribution in [0, 0.1) is 12.8 Å². The Morgan fingerprint density at radius 1 is 1.14 bits per heavy atom. The Bertz CT molecular complexity index is 1180. The fourth-order valence-corrected chi connectivity index (χ4v) is 4.95. The zero-order valence-corrected chi connectivity index (χ0v) is 21.8. The Labute approximate surface area is 217 Å². The number of nitrogens with zero attached hydrogens (tertiary/aromatic N) is 5. The molecule has 37 heavy (non-hydrogen) atoms. The van der Waals surface area contributed by atoms with Crippen LogP contribution >= 0.6 is 0 Å². The number of rotatable bonds is 7. The van der Waals surface area contributed by atoms with Crippen LogP contribution in [0.2, 0.25) is 0 Å². The maximum absolute atomic E-state index is 13.3. The average Bonchev–Trinajstić information content (AvgIpc) is 3.25. The number of aryl methyl sites for hydroxylation is 2. The quantitative estimate of drug-likeness (QED) is 0.530. The molecule has 2 aliphatic rings. The van der Waals surface area contributed by atoms with Crippen molar-refractivity contribution in [3.05, 3.63) is 52.8 Å². The summed E-state index contributed by atoms with van der Waals surface area (Å²) in [4.78, 5) is 56.1. The van der Waals surface area contributed by atoms with E-state index in [9.17, 15) is 19.2 Å². The Balaban J connectivity index is 1.40. The number of carbonyl (C=O) groups excluding carboxylic acids is 4. The van der Waals surface area contributed by atoms with Gasteiger partial charge in [0.1, 0.15) is 5.69 Å². The van der Waals surface area contributed by atoms with E-state index in [1.165, 1.54) is 11.0 Å². The predicted octanol–water partition coefficient (Wildman–Crippen LogP) is 2.11. The minimum atomic E-state index is -0.425. The van der Waals surface area contributed by atoms with E-state index in [1.807, 2.05) is 25.1 Å². The fourth-order valence-electron chi connectivity index (χ4n) is 4.95. The number of likely N-dealkylation sites (N-methyl/N-ethyl adjacent to an activating group) is 1. The number of ether oxygens (including phenoxy) is 1. The van der Waals surface area contributed by atoms with Crippen LogP contribution in [0.4, 0.5) is 0 Å². The van der Waals surface area contributed by atoms with E-state index in [-0.39, 0.29) is 35.9 Å². The first-order valence-corrected chi connectivity index (χ1v) is 12.9. The molecule has 2 aromatic rings. The average molecular weight is 510 g/mol. The van der Waals surface area contributed by atoms with E-state index < -0.39 is 5.91 Å². The minimum absolute atomic E-state index is 0.135. The lowest BCUT2D eigenvalue weighted by Crippen LogP contribution is -2.47. The van der Waals surface area contributed by atoms with Crippen molar-refractivity contribution in [2.24, 2.45) is 5.92 Å². The standard InChI is InChI=1S/C27H35N5O5/c1-4-37-27(36)21-10-6-11-30(17-21)24(33)18-29(3)25(34)22-15-23-26(35)31(12-7-13-32(23)28-22)16-20-9-5-8-19(2)14-20/h5,8-9,14-15,21H,4,6-7,10-13,16-18H2,1-3H3/t21-/m1/s1. The number of aromatic nitrogens is 2. The first kappa shape index (κ1) is 26.4. The highest BCUT2D eigenvalue weighted by Gasteiger charge is 2.31. The van der Waals surface area contributed by atoms with E-state index in [2.05, 4.69) is 11.2 Å². The maximum Gasteiger partial charge on any atom is 0.310 e. The van der Waals surface area contributed by atoms with Gasteiger partial charge < -0.3 is 19.4 Å². The summed E-state index contributed by atoms with van der Waals surface area (Å²) >= 11 is 0. The van der Waals surface area contributed by atoms with E-state index in [0.29, 0.717) is 57.9 Å². The molecule has 1 aromatic carbocycles. The van der Waals surface area contributed by atoms with Crippen LogP contribution in [0.3, 0.4) is 0 Å². The summed E-state index contributed by atoms with van der Waals surface area (Å²) in [5.41, 5.74) is 2.70. The number of amides is 3. The van der Waals surface area contributed by atoms with Crippen LogP contribution < -0.4 is 0 Å². The molecule has 3 amide bonds. The third-order valence-corrected chi connectivity index (χ3v) is 6.87. The Morgan fingerprint density at radius 3 is 2.70 bits per heavy atom. The normalized spacial score (nSPS) is 17.7. The molecule has 0 N–H and O–H groups in total. The highest BCUT2D eigenvalue weighted by Crippen LogP contribution is 2.20. The number of likely N-dealkylation sites (tertiary alicyclic amines) is 1. The first-order valence-electron chi connectivity index (χ1n) is 12.9. The Hall–Kier alpha value is -3.69. The van der Waals surface area contributed by atoms with Crippen molar-refractivity contribution < 1.29 is 23.9 Å². The monoisotopic (exact) mass is 509 g/mol. The molecular weight excluding hydrogens is 474 g/mol. The van der Waals surface area contributed by atoms with E-state index in [1.54, 1.807) is 28.5 Å². The summed E-state index contributed by atoms with van der Waals surface area (Å²) in [5.74, 6) is -1.44. The maximum atomic E-state index is 13.3. The highest BCUT2D eigenvalue weighted by atomic mass is 16.5. The highest BCUT2D eigenvalue weighted by molar-refractivity contribution is 5.99. The number of esters is 1. The number of hydrogen-bond acceptors (Lipinski definition) is 6. The van der Waals surface area contributed by atoms with Crippen molar-refractivity contribution in [2.45, 2.75) is 46.2 Å². The zero-order chi connectivity index (χ0) is 26.5. The van der Waals surface area contributed by atoms with Crippen LogP contribution in [-0.2, 0) is 27.4 Å². The molecule has 1 aromatic heterocycles. The van der Waals surface area contributed by atoms with Gasteiger partial charge in [-0.05, 0) is 38.7 Å². The van der Waals surface area contributed by atoms with Crippen molar-refractivity contribution >= 4 is 23.7 Å². The third-order valence-electron chi connectivity index (χ3n) is 6.87. The van der Waals surface area contributed by atoms with Gasteiger partial charge in [0, 0.05) is 45.8 Å². The van der Waals surface area contributed by atoms with Gasteiger partial charge in [0.2, 0.25) is 5.91 Å². The lowest BCUT2D eigenvalue weighted by atomic mass is 9.98. The summed E-state index contributed by atoms with van der Waals surface area (Å²) in [6.45, 7) is 6.42. The van der Waals surface area contributed by atoms with Gasteiger partial charge >= 0.3 is 5.97 Å². The second kappa shape index (κ2) is 11.6. The smallest absolute Gasteiger partial charge is 0.310 e. The van der Waals surface area contributed by atoms with Gasteiger partial charge in [0.15, 0.2) is 5.69 Å². The second-order valence-electron chi connectivity index (χ2n) is 9.80. The lowest BCUT2D eigenvalue weighted by molar-refractivity contribution is -0.151. The predicted molar refractivity (Wildman–Crippen MR) is 136 cm³/mol. The molecule has 0 aliphatic carbocycles. The molecule has 10 nitrogen and oxygen atoms in total. The molecule has 0 radical (unpaired) electrons. The van der Waals surface area contributed by atoms with E-state index >= 15 is 0 Å². The Morgan fingerprint density at radius 2 is 1.95 bits per heavy atom. The Kier molecular flexibility index (Phi) is 8.25. The lowest BCUT2D eigenvalue weighted by Gasteiger charge is -2.32. The largest absolute Gasteiger partial charge is 0.466 e. The zero-order valence-electron chi connectivity index (χ0n) is 21.8. The molecule has 4 rings (SSSR count). The summed E-state index contributed by atoms with van der Waals surface area (Å²) in [6.07, 6.45) is 2.12. The molecule has 3 heterocycles. The van der Waals surface area contributed by atoms with Crippen molar-refractivity contribution in [3.63, 3.8) is 0 Å². The second-order valence-corrected chi connectivity index (χ2v) is 9.80. The van der Waals surface area contributed by atoms with Gasteiger partial charge in [0.25, 0.3) is 11.8 Å². The van der Waals surface area contributed by atoms with Gasteiger partial charge in [-0.25, -0.2) is 0 Å². The molecule has 0 unspecified atom stereocenters. The van der Waals surface area contributed by atoms with Crippen LogP contribution in [0.15, 0.2) is 30.3 Å². The molecule has 198 valence electrons. The molecule has 0 saturated carbocycles. The minimum Gasteiger partial charge on any atom is -0.466 e. The van der Waals surface area contributed by atoms with Crippen LogP contribution in [0.1, 0.15) is 58.3 Å². The number of carbonyl (C=O) groups is 4. The number of hydrogen-bond donors (Lipinski definition) is 0. The van der Waals surface area contributed by atoms with E-state index in [4.69, 9.17) is 4.74 Å². The SMILES string of the molecule is CCOC(=O)[C@@H]1CCCN(C(=O)CN(C)C(=O)c2cc3n(n2)CCCN(Cc2cccc(C)c2)C3=O)C1. The van der Waals surface area contributed by atoms with Gasteiger partial charge in [-0.15, -0.1) is 0 Å². The summed E-state index contributed by atoms with van der Waals surface area (Å²) < 4.78 is 6.70. The molecular formula is C27H35N5O5. The summed E-state index contributed by atoms with van der Waals surface area (Å²) in [5, 5.41) is 4.41. The van der Waals surface area contributed by atoms with Crippen LogP contribution in [0.25, 0.3) is 0 Å². The van der Waals surface area contributed by atoms with Gasteiger partial charge in [-0.1, -0.05) is 29.8 Å². The molecule has 0 bridgehead atoms. The van der Waals surface area contributed by atoms with Crippen molar-refractivity contribution in [1.82, 2.24) is 24.5 Å². The number of benzene rings is 1. The number of piperidine rings is 1. The van der Waals surface area contributed by atoms with Crippen LogP contribution in [-0.4, -0.2) is 88.0 Å². The molecule has 0 spiro atoms. The summed E-state index contributed by atoms with van der Waals surface area (Å²) in [6, 6.07) is 9.59.